The first-order chi connectivity index (χ1) is 14.4. The third-order valence-electron chi connectivity index (χ3n) is 4.83. The highest BCUT2D eigenvalue weighted by atomic mass is 32.2. The average molecular weight is 452 g/mol. The lowest BCUT2D eigenvalue weighted by atomic mass is 9.99. The number of carbonyl (C=O) groups is 1. The van der Waals surface area contributed by atoms with E-state index in [1.807, 2.05) is 6.92 Å². The van der Waals surface area contributed by atoms with Crippen LogP contribution in [0.3, 0.4) is 0 Å². The predicted octanol–water partition coefficient (Wildman–Crippen LogP) is 2.70. The molecule has 1 fully saturated rings. The molecule has 10 nitrogen and oxygen atoms in total. The van der Waals surface area contributed by atoms with Crippen molar-refractivity contribution in [3.63, 3.8) is 0 Å². The fraction of sp³-hybridized carbons (Fsp3) is 0.444. The number of carbonyl (C=O) groups excluding carboxylic acids is 1. The number of rotatable bonds is 6. The van der Waals surface area contributed by atoms with Gasteiger partial charge in [0.1, 0.15) is 9.97 Å². The minimum Gasteiger partial charge on any atom is -0.360 e. The van der Waals surface area contributed by atoms with Crippen molar-refractivity contribution in [1.29, 1.82) is 0 Å². The van der Waals surface area contributed by atoms with Gasteiger partial charge in [0.2, 0.25) is 17.6 Å². The van der Waals surface area contributed by atoms with Gasteiger partial charge in [0.15, 0.2) is 5.82 Å². The van der Waals surface area contributed by atoms with Gasteiger partial charge < -0.3 is 14.4 Å². The van der Waals surface area contributed by atoms with E-state index in [1.165, 1.54) is 4.31 Å². The molecule has 1 N–H and O–H groups in total. The molecule has 0 bridgehead atoms. The lowest BCUT2D eigenvalue weighted by Crippen LogP contribution is -2.43. The molecular formula is C18H21N5O5S2. The van der Waals surface area contributed by atoms with Gasteiger partial charge in [-0.3, -0.25) is 4.79 Å². The van der Waals surface area contributed by atoms with Gasteiger partial charge in [0.05, 0.1) is 5.92 Å². The van der Waals surface area contributed by atoms with Crippen LogP contribution >= 0.6 is 11.3 Å². The summed E-state index contributed by atoms with van der Waals surface area (Å²) in [6, 6.07) is 3.16. The van der Waals surface area contributed by atoms with Gasteiger partial charge in [-0.05, 0) is 25.8 Å². The quantitative estimate of drug-likeness (QED) is 0.605. The Balaban J connectivity index is 1.47. The number of amides is 1. The van der Waals surface area contributed by atoms with Crippen molar-refractivity contribution in [2.75, 3.05) is 18.4 Å². The van der Waals surface area contributed by atoms with E-state index in [4.69, 9.17) is 9.05 Å². The van der Waals surface area contributed by atoms with Crippen molar-refractivity contribution in [1.82, 2.24) is 19.6 Å². The van der Waals surface area contributed by atoms with E-state index in [-0.39, 0.29) is 16.7 Å². The Morgan fingerprint density at radius 3 is 2.87 bits per heavy atom. The minimum atomic E-state index is -3.73. The Hall–Kier alpha value is -2.57. The zero-order chi connectivity index (χ0) is 21.3. The van der Waals surface area contributed by atoms with E-state index in [0.29, 0.717) is 54.7 Å². The maximum atomic E-state index is 13.1. The number of nitrogens with zero attached hydrogens (tertiary/aromatic N) is 4. The summed E-state index contributed by atoms with van der Waals surface area (Å²) in [4.78, 5) is 16.8. The SMILES string of the molecule is CCc1nc(-c2csc(S(=O)(=O)N3CCC[C@H](C(=O)Nc4cc(C)on4)C3)c2)no1. The van der Waals surface area contributed by atoms with Crippen molar-refractivity contribution >= 4 is 33.1 Å². The lowest BCUT2D eigenvalue weighted by molar-refractivity contribution is -0.120. The molecule has 0 aromatic carbocycles. The van der Waals surface area contributed by atoms with Crippen LogP contribution in [-0.2, 0) is 21.2 Å². The van der Waals surface area contributed by atoms with Crippen molar-refractivity contribution in [2.45, 2.75) is 37.3 Å². The van der Waals surface area contributed by atoms with Crippen molar-refractivity contribution in [3.05, 3.63) is 29.2 Å². The second-order valence-electron chi connectivity index (χ2n) is 7.03. The van der Waals surface area contributed by atoms with Crippen LogP contribution in [0.1, 0.15) is 31.4 Å². The van der Waals surface area contributed by atoms with Crippen LogP contribution in [0.4, 0.5) is 5.82 Å². The van der Waals surface area contributed by atoms with Crippen LogP contribution < -0.4 is 5.32 Å². The van der Waals surface area contributed by atoms with Gasteiger partial charge in [-0.1, -0.05) is 17.2 Å². The summed E-state index contributed by atoms with van der Waals surface area (Å²) < 4.78 is 37.9. The van der Waals surface area contributed by atoms with Crippen LogP contribution in [0.5, 0.6) is 0 Å². The molecule has 0 unspecified atom stereocenters. The third-order valence-corrected chi connectivity index (χ3v) is 8.11. The maximum Gasteiger partial charge on any atom is 0.252 e. The highest BCUT2D eigenvalue weighted by Crippen LogP contribution is 2.31. The van der Waals surface area contributed by atoms with Gasteiger partial charge in [-0.2, -0.15) is 9.29 Å². The standard InChI is InChI=1S/C18H21N5O5S2/c1-3-15-20-17(22-28-15)13-8-16(29-10-13)30(25,26)23-6-4-5-12(9-23)18(24)19-14-7-11(2)27-21-14/h7-8,10,12H,3-6,9H2,1-2H3,(H,19,21,24)/t12-/m0/s1. The van der Waals surface area contributed by atoms with Crippen LogP contribution in [0.25, 0.3) is 11.4 Å². The summed E-state index contributed by atoms with van der Waals surface area (Å²) in [5.41, 5.74) is 0.592. The van der Waals surface area contributed by atoms with E-state index < -0.39 is 15.9 Å². The third kappa shape index (κ3) is 4.16. The van der Waals surface area contributed by atoms with Crippen LogP contribution in [0, 0.1) is 12.8 Å². The minimum absolute atomic E-state index is 0.112. The fourth-order valence-corrected chi connectivity index (χ4v) is 6.07. The number of hydrogen-bond donors (Lipinski definition) is 1. The summed E-state index contributed by atoms with van der Waals surface area (Å²) in [6.45, 7) is 4.10. The Kier molecular flexibility index (Phi) is 5.71. The van der Waals surface area contributed by atoms with Crippen LogP contribution in [0.2, 0.25) is 0 Å². The van der Waals surface area contributed by atoms with Crippen molar-refractivity contribution in [2.24, 2.45) is 5.92 Å². The predicted molar refractivity (Wildman–Crippen MR) is 108 cm³/mol. The molecule has 12 heteroatoms. The molecule has 0 radical (unpaired) electrons. The van der Waals surface area contributed by atoms with Crippen LogP contribution in [-0.4, -0.2) is 47.0 Å². The molecule has 1 atom stereocenters. The van der Waals surface area contributed by atoms with Crippen LogP contribution in [0.15, 0.2) is 30.8 Å². The Morgan fingerprint density at radius 2 is 2.17 bits per heavy atom. The molecule has 1 saturated heterocycles. The van der Waals surface area contributed by atoms with Gasteiger partial charge in [0, 0.05) is 36.5 Å². The normalized spacial score (nSPS) is 17.9. The fourth-order valence-electron chi connectivity index (χ4n) is 3.24. The van der Waals surface area contributed by atoms with Crippen molar-refractivity contribution < 1.29 is 22.3 Å². The molecule has 0 saturated carbocycles. The summed E-state index contributed by atoms with van der Waals surface area (Å²) in [7, 11) is -3.73. The largest absolute Gasteiger partial charge is 0.360 e. The zero-order valence-corrected chi connectivity index (χ0v) is 18.1. The molecule has 160 valence electrons. The van der Waals surface area contributed by atoms with E-state index in [2.05, 4.69) is 20.6 Å². The summed E-state index contributed by atoms with van der Waals surface area (Å²) >= 11 is 1.10. The summed E-state index contributed by atoms with van der Waals surface area (Å²) in [5, 5.41) is 12.0. The molecule has 3 aromatic heterocycles. The maximum absolute atomic E-state index is 13.1. The van der Waals surface area contributed by atoms with Gasteiger partial charge in [-0.15, -0.1) is 11.3 Å². The van der Waals surface area contributed by atoms with Gasteiger partial charge in [-0.25, -0.2) is 8.42 Å². The zero-order valence-electron chi connectivity index (χ0n) is 16.5. The van der Waals surface area contributed by atoms with E-state index in [1.54, 1.807) is 24.4 Å². The average Bonchev–Trinajstić information content (AvgIpc) is 3.48. The lowest BCUT2D eigenvalue weighted by Gasteiger charge is -2.30. The molecule has 4 rings (SSSR count). The number of sulfonamides is 1. The first-order valence-corrected chi connectivity index (χ1v) is 11.8. The molecule has 1 amide bonds. The summed E-state index contributed by atoms with van der Waals surface area (Å²) in [6.07, 6.45) is 1.80. The molecule has 0 aliphatic carbocycles. The molecule has 3 aromatic rings. The number of anilines is 1. The van der Waals surface area contributed by atoms with Crippen molar-refractivity contribution in [3.8, 4) is 11.4 Å². The number of piperidine rings is 1. The second-order valence-corrected chi connectivity index (χ2v) is 10.1. The number of aromatic nitrogens is 3. The number of thiophene rings is 1. The van der Waals surface area contributed by atoms with Gasteiger partial charge in [0.25, 0.3) is 10.0 Å². The molecule has 1 aliphatic rings. The first kappa shape index (κ1) is 20.7. The molecule has 1 aliphatic heterocycles. The molecule has 4 heterocycles. The number of nitrogens with one attached hydrogen (secondary N) is 1. The topological polar surface area (TPSA) is 131 Å². The number of aryl methyl sites for hydroxylation is 2. The Morgan fingerprint density at radius 1 is 1.33 bits per heavy atom. The molecule has 0 spiro atoms. The molecule has 30 heavy (non-hydrogen) atoms. The second kappa shape index (κ2) is 8.28. The molecular weight excluding hydrogens is 430 g/mol. The van der Waals surface area contributed by atoms with Gasteiger partial charge >= 0.3 is 0 Å². The highest BCUT2D eigenvalue weighted by molar-refractivity contribution is 7.91. The first-order valence-electron chi connectivity index (χ1n) is 9.52. The van der Waals surface area contributed by atoms with E-state index in [0.717, 1.165) is 11.3 Å². The Labute approximate surface area is 177 Å². The summed E-state index contributed by atoms with van der Waals surface area (Å²) in [5.74, 6) is 1.03. The monoisotopic (exact) mass is 451 g/mol. The Bertz CT molecular complexity index is 1150. The van der Waals surface area contributed by atoms with E-state index in [9.17, 15) is 13.2 Å². The smallest absolute Gasteiger partial charge is 0.252 e. The highest BCUT2D eigenvalue weighted by Gasteiger charge is 2.34. The number of hydrogen-bond acceptors (Lipinski definition) is 9. The van der Waals surface area contributed by atoms with E-state index >= 15 is 0 Å².